The van der Waals surface area contributed by atoms with Gasteiger partial charge in [0.25, 0.3) is 5.56 Å². The molecule has 9 nitrogen and oxygen atoms in total. The van der Waals surface area contributed by atoms with Crippen LogP contribution in [0.15, 0.2) is 34.3 Å². The van der Waals surface area contributed by atoms with Gasteiger partial charge in [0.1, 0.15) is 5.39 Å². The summed E-state index contributed by atoms with van der Waals surface area (Å²) in [5.41, 5.74) is 3.66. The highest BCUT2D eigenvalue weighted by Crippen LogP contribution is 2.33. The minimum Gasteiger partial charge on any atom is -0.379 e. The van der Waals surface area contributed by atoms with Gasteiger partial charge in [-0.2, -0.15) is 5.10 Å². The van der Waals surface area contributed by atoms with Crippen LogP contribution in [0.4, 0.5) is 0 Å². The largest absolute Gasteiger partial charge is 0.379 e. The van der Waals surface area contributed by atoms with Crippen LogP contribution in [-0.4, -0.2) is 75.3 Å². The summed E-state index contributed by atoms with van der Waals surface area (Å²) in [6.07, 6.45) is 2.76. The number of hydrogen-bond acceptors (Lipinski definition) is 7. The molecule has 34 heavy (non-hydrogen) atoms. The van der Waals surface area contributed by atoms with Crippen LogP contribution in [0.2, 0.25) is 0 Å². The summed E-state index contributed by atoms with van der Waals surface area (Å²) in [7, 11) is 0. The topological polar surface area (TPSA) is 94.3 Å². The number of fused-ring (bicyclic) bond motifs is 2. The molecule has 0 radical (unpaired) electrons. The molecule has 4 heterocycles. The molecule has 2 aromatic heterocycles. The van der Waals surface area contributed by atoms with Gasteiger partial charge in [-0.15, -0.1) is 0 Å². The molecule has 10 heteroatoms. The number of carbonyl (C=O) groups is 1. The number of ether oxygens (including phenoxy) is 1. The Morgan fingerprint density at radius 1 is 1.24 bits per heavy atom. The van der Waals surface area contributed by atoms with E-state index in [1.165, 1.54) is 17.3 Å². The van der Waals surface area contributed by atoms with Gasteiger partial charge in [-0.05, 0) is 50.1 Å². The number of benzene rings is 1. The fraction of sp³-hybridized carbons (Fsp3) is 0.500. The zero-order valence-corrected chi connectivity index (χ0v) is 20.4. The lowest BCUT2D eigenvalue weighted by Crippen LogP contribution is -2.38. The van der Waals surface area contributed by atoms with E-state index in [9.17, 15) is 9.59 Å². The van der Waals surface area contributed by atoms with Gasteiger partial charge < -0.3 is 10.1 Å². The lowest BCUT2D eigenvalue weighted by molar-refractivity contribution is -0.121. The first-order valence-corrected chi connectivity index (χ1v) is 12.8. The van der Waals surface area contributed by atoms with Gasteiger partial charge in [0.05, 0.1) is 31.1 Å². The molecule has 180 valence electrons. The zero-order valence-electron chi connectivity index (χ0n) is 19.6. The molecule has 1 unspecified atom stereocenters. The summed E-state index contributed by atoms with van der Waals surface area (Å²) >= 11 is 1.52. The molecular formula is C24H30N6O3S. The number of rotatable bonds is 7. The smallest absolute Gasteiger partial charge is 0.265 e. The average molecular weight is 483 g/mol. The minimum absolute atomic E-state index is 0.0294. The van der Waals surface area contributed by atoms with E-state index in [4.69, 9.17) is 9.72 Å². The lowest BCUT2D eigenvalue weighted by Gasteiger charge is -2.26. The van der Waals surface area contributed by atoms with E-state index in [-0.39, 0.29) is 23.9 Å². The molecule has 3 aromatic rings. The molecule has 5 rings (SSSR count). The number of amides is 1. The number of nitrogens with one attached hydrogen (secondary N) is 1. The third-order valence-electron chi connectivity index (χ3n) is 6.60. The van der Waals surface area contributed by atoms with Gasteiger partial charge in [-0.25, -0.2) is 9.67 Å². The molecular weight excluding hydrogens is 452 g/mol. The standard InChI is InChI=1S/C24H30N6O3S/c1-16-4-5-18(12-17(16)2)30-22-20(14-26-30)23(32)29-19(15-34-24(29)27-22)13-21(31)25-6-3-7-28-8-10-33-11-9-28/h4-5,12,14,19H,3,6-11,13,15H2,1-2H3,(H,25,31). The Labute approximate surface area is 202 Å². The molecule has 0 saturated carbocycles. The summed E-state index contributed by atoms with van der Waals surface area (Å²) < 4.78 is 8.76. The van der Waals surface area contributed by atoms with E-state index in [1.807, 2.05) is 18.2 Å². The number of nitrogens with zero attached hydrogens (tertiary/aromatic N) is 5. The van der Waals surface area contributed by atoms with Crippen molar-refractivity contribution < 1.29 is 9.53 Å². The maximum absolute atomic E-state index is 13.3. The zero-order chi connectivity index (χ0) is 23.7. The van der Waals surface area contributed by atoms with Crippen molar-refractivity contribution in [1.29, 1.82) is 0 Å². The van der Waals surface area contributed by atoms with Crippen molar-refractivity contribution in [3.63, 3.8) is 0 Å². The highest BCUT2D eigenvalue weighted by molar-refractivity contribution is 7.99. The maximum Gasteiger partial charge on any atom is 0.265 e. The second-order valence-corrected chi connectivity index (χ2v) is 9.95. The second-order valence-electron chi connectivity index (χ2n) is 8.96. The van der Waals surface area contributed by atoms with Gasteiger partial charge in [-0.3, -0.25) is 19.1 Å². The minimum atomic E-state index is -0.200. The number of aromatic nitrogens is 4. The Morgan fingerprint density at radius 2 is 2.06 bits per heavy atom. The van der Waals surface area contributed by atoms with Crippen molar-refractivity contribution in [2.45, 2.75) is 37.9 Å². The highest BCUT2D eigenvalue weighted by Gasteiger charge is 2.29. The van der Waals surface area contributed by atoms with Crippen molar-refractivity contribution in [2.75, 3.05) is 45.1 Å². The van der Waals surface area contributed by atoms with Crippen LogP contribution in [0.5, 0.6) is 0 Å². The van der Waals surface area contributed by atoms with Crippen LogP contribution in [0.1, 0.15) is 30.0 Å². The number of hydrogen-bond donors (Lipinski definition) is 1. The number of aryl methyl sites for hydroxylation is 2. The molecule has 1 fully saturated rings. The van der Waals surface area contributed by atoms with Crippen LogP contribution < -0.4 is 10.9 Å². The SMILES string of the molecule is Cc1ccc(-n2ncc3c(=O)n4c(nc32)SCC4CC(=O)NCCCN2CCOCC2)cc1C. The van der Waals surface area contributed by atoms with E-state index in [2.05, 4.69) is 29.2 Å². The van der Waals surface area contributed by atoms with Gasteiger partial charge in [-0.1, -0.05) is 17.8 Å². The summed E-state index contributed by atoms with van der Waals surface area (Å²) in [6.45, 7) is 9.18. The first-order chi connectivity index (χ1) is 16.5. The summed E-state index contributed by atoms with van der Waals surface area (Å²) in [6, 6.07) is 5.88. The van der Waals surface area contributed by atoms with Gasteiger partial charge >= 0.3 is 0 Å². The Morgan fingerprint density at radius 3 is 2.85 bits per heavy atom. The van der Waals surface area contributed by atoms with Crippen LogP contribution in [0, 0.1) is 13.8 Å². The van der Waals surface area contributed by atoms with Crippen molar-refractivity contribution in [1.82, 2.24) is 29.5 Å². The fourth-order valence-corrected chi connectivity index (χ4v) is 5.60. The summed E-state index contributed by atoms with van der Waals surface area (Å²) in [5, 5.41) is 8.59. The summed E-state index contributed by atoms with van der Waals surface area (Å²) in [5.74, 6) is 0.630. The van der Waals surface area contributed by atoms with Crippen molar-refractivity contribution >= 4 is 28.7 Å². The Balaban J connectivity index is 1.27. The van der Waals surface area contributed by atoms with Crippen molar-refractivity contribution in [3.05, 3.63) is 45.9 Å². The van der Waals surface area contributed by atoms with Crippen LogP contribution >= 0.6 is 11.8 Å². The van der Waals surface area contributed by atoms with E-state index < -0.39 is 0 Å². The van der Waals surface area contributed by atoms with Gasteiger partial charge in [0.15, 0.2) is 10.8 Å². The van der Waals surface area contributed by atoms with Gasteiger partial charge in [0, 0.05) is 31.8 Å². The fourth-order valence-electron chi connectivity index (χ4n) is 4.47. The van der Waals surface area contributed by atoms with Crippen LogP contribution in [-0.2, 0) is 9.53 Å². The third-order valence-corrected chi connectivity index (χ3v) is 7.70. The number of morpholine rings is 1. The highest BCUT2D eigenvalue weighted by atomic mass is 32.2. The molecule has 0 bridgehead atoms. The number of carbonyl (C=O) groups excluding carboxylic acids is 1. The molecule has 2 aliphatic heterocycles. The molecule has 1 atom stereocenters. The third kappa shape index (κ3) is 4.62. The molecule has 1 aromatic carbocycles. The molecule has 1 saturated heterocycles. The average Bonchev–Trinajstić information content (AvgIpc) is 3.44. The van der Waals surface area contributed by atoms with Crippen molar-refractivity contribution in [3.8, 4) is 5.69 Å². The molecule has 0 aliphatic carbocycles. The van der Waals surface area contributed by atoms with E-state index in [1.54, 1.807) is 15.4 Å². The first-order valence-electron chi connectivity index (χ1n) is 11.8. The Hall–Kier alpha value is -2.69. The molecule has 1 N–H and O–H groups in total. The quantitative estimate of drug-likeness (QED) is 0.407. The normalized spacial score (nSPS) is 18.4. The van der Waals surface area contributed by atoms with Crippen LogP contribution in [0.25, 0.3) is 16.7 Å². The maximum atomic E-state index is 13.3. The molecule has 1 amide bonds. The van der Waals surface area contributed by atoms with E-state index >= 15 is 0 Å². The predicted molar refractivity (Wildman–Crippen MR) is 132 cm³/mol. The first kappa shape index (κ1) is 23.1. The van der Waals surface area contributed by atoms with E-state index in [0.29, 0.717) is 28.5 Å². The van der Waals surface area contributed by atoms with Gasteiger partial charge in [0.2, 0.25) is 5.91 Å². The number of thioether (sulfide) groups is 1. The Bertz CT molecular complexity index is 1260. The van der Waals surface area contributed by atoms with Crippen LogP contribution in [0.3, 0.4) is 0 Å². The Kier molecular flexibility index (Phi) is 6.71. The van der Waals surface area contributed by atoms with E-state index in [0.717, 1.165) is 50.5 Å². The summed E-state index contributed by atoms with van der Waals surface area (Å²) in [4.78, 5) is 33.0. The molecule has 0 spiro atoms. The van der Waals surface area contributed by atoms with Crippen molar-refractivity contribution in [2.24, 2.45) is 0 Å². The predicted octanol–water partition coefficient (Wildman–Crippen LogP) is 2.07. The molecule has 2 aliphatic rings. The second kappa shape index (κ2) is 9.89. The monoisotopic (exact) mass is 482 g/mol. The lowest BCUT2D eigenvalue weighted by atomic mass is 10.1.